The molecular formula is C25H16F6N8S. The van der Waals surface area contributed by atoms with Crippen molar-refractivity contribution in [3.8, 4) is 11.5 Å². The van der Waals surface area contributed by atoms with Crippen LogP contribution in [-0.2, 0) is 0 Å². The van der Waals surface area contributed by atoms with Crippen LogP contribution in [0, 0.1) is 12.7 Å². The average Bonchev–Trinajstić information content (AvgIpc) is 3.61. The van der Waals surface area contributed by atoms with Gasteiger partial charge in [0.1, 0.15) is 38.9 Å². The molecule has 8 nitrogen and oxygen atoms in total. The van der Waals surface area contributed by atoms with Crippen molar-refractivity contribution in [3.63, 3.8) is 0 Å². The van der Waals surface area contributed by atoms with E-state index in [1.165, 1.54) is 47.2 Å². The zero-order chi connectivity index (χ0) is 27.9. The fraction of sp³-hybridized carbons (Fsp3) is 0.240. The topological polar surface area (TPSA) is 85.8 Å². The average molecular weight is 575 g/mol. The second kappa shape index (κ2) is 8.61. The summed E-state index contributed by atoms with van der Waals surface area (Å²) in [4.78, 5) is 13.4. The van der Waals surface area contributed by atoms with Gasteiger partial charge in [-0.05, 0) is 36.2 Å². The summed E-state index contributed by atoms with van der Waals surface area (Å²) >= 11 is 1.13. The molecule has 0 aliphatic carbocycles. The van der Waals surface area contributed by atoms with Crippen LogP contribution in [0.4, 0.5) is 32.2 Å². The first-order chi connectivity index (χ1) is 19.1. The molecule has 7 rings (SSSR count). The SMILES string of the molecule is Cc1cc(C(F)F)nc2sc3c(ncn4nc(-c5cc6n(n5)C(C(F)(F)F)CC(c5ccc(F)cc5)N6)nc34)c12. The highest BCUT2D eigenvalue weighted by Gasteiger charge is 2.46. The molecule has 1 aromatic carbocycles. The third-order valence-corrected chi connectivity index (χ3v) is 7.97. The number of rotatable bonds is 3. The molecule has 6 aromatic rings. The van der Waals surface area contributed by atoms with Crippen LogP contribution in [0.5, 0.6) is 0 Å². The lowest BCUT2D eigenvalue weighted by Gasteiger charge is -2.33. The second-order valence-electron chi connectivity index (χ2n) is 9.47. The van der Waals surface area contributed by atoms with E-state index in [-0.39, 0.29) is 29.5 Å². The molecule has 1 N–H and O–H groups in total. The Hall–Kier alpha value is -4.27. The molecule has 40 heavy (non-hydrogen) atoms. The van der Waals surface area contributed by atoms with Gasteiger partial charge in [0.25, 0.3) is 6.43 Å². The van der Waals surface area contributed by atoms with Crippen LogP contribution in [-0.4, -0.2) is 40.5 Å². The lowest BCUT2D eigenvalue weighted by Crippen LogP contribution is -2.35. The standard InChI is InChI=1S/C25H16F6N8S/c1-10-6-14(21(27)28)34-24-18(10)19-20(40-24)23-35-22(37-38(23)9-32-19)15-8-17-33-13(11-2-4-12(26)5-3-11)7-16(25(29,30)31)39(17)36-15/h2-6,8-9,13,16,21,33H,7H2,1H3. The van der Waals surface area contributed by atoms with Gasteiger partial charge < -0.3 is 5.32 Å². The van der Waals surface area contributed by atoms with Crippen molar-refractivity contribution in [2.45, 2.75) is 38.0 Å². The predicted molar refractivity (Wildman–Crippen MR) is 135 cm³/mol. The number of thiophene rings is 1. The van der Waals surface area contributed by atoms with Gasteiger partial charge >= 0.3 is 6.18 Å². The lowest BCUT2D eigenvalue weighted by atomic mass is 9.97. The van der Waals surface area contributed by atoms with Gasteiger partial charge in [-0.25, -0.2) is 37.3 Å². The fourth-order valence-electron chi connectivity index (χ4n) is 5.05. The number of aromatic nitrogens is 7. The van der Waals surface area contributed by atoms with Crippen LogP contribution in [0.1, 0.15) is 41.8 Å². The van der Waals surface area contributed by atoms with Gasteiger partial charge in [-0.3, -0.25) is 0 Å². The Morgan fingerprint density at radius 2 is 1.85 bits per heavy atom. The van der Waals surface area contributed by atoms with Crippen LogP contribution in [0.3, 0.4) is 0 Å². The molecule has 204 valence electrons. The monoisotopic (exact) mass is 574 g/mol. The molecular weight excluding hydrogens is 558 g/mol. The van der Waals surface area contributed by atoms with Gasteiger partial charge in [-0.2, -0.15) is 18.3 Å². The molecule has 0 saturated carbocycles. The summed E-state index contributed by atoms with van der Waals surface area (Å²) < 4.78 is 85.1. The van der Waals surface area contributed by atoms with Crippen molar-refractivity contribution in [1.82, 2.24) is 34.3 Å². The number of anilines is 1. The molecule has 2 atom stereocenters. The molecule has 0 spiro atoms. The quantitative estimate of drug-likeness (QED) is 0.234. The highest BCUT2D eigenvalue weighted by atomic mass is 32.1. The Morgan fingerprint density at radius 3 is 2.58 bits per heavy atom. The Balaban J connectivity index is 1.33. The van der Waals surface area contributed by atoms with Crippen LogP contribution in [0.2, 0.25) is 0 Å². The van der Waals surface area contributed by atoms with Crippen molar-refractivity contribution < 1.29 is 26.3 Å². The van der Waals surface area contributed by atoms with E-state index in [1.54, 1.807) is 6.92 Å². The highest BCUT2D eigenvalue weighted by Crippen LogP contribution is 2.44. The van der Waals surface area contributed by atoms with E-state index in [0.717, 1.165) is 16.0 Å². The summed E-state index contributed by atoms with van der Waals surface area (Å²) in [5.41, 5.74) is 1.71. The van der Waals surface area contributed by atoms with E-state index in [4.69, 9.17) is 0 Å². The summed E-state index contributed by atoms with van der Waals surface area (Å²) in [6.07, 6.45) is -6.27. The van der Waals surface area contributed by atoms with E-state index in [1.807, 2.05) is 0 Å². The molecule has 0 fully saturated rings. The maximum atomic E-state index is 14.1. The number of hydrogen-bond donors (Lipinski definition) is 1. The minimum atomic E-state index is -4.60. The predicted octanol–water partition coefficient (Wildman–Crippen LogP) is 6.80. The molecule has 2 unspecified atom stereocenters. The number of fused-ring (bicyclic) bond motifs is 6. The number of nitrogens with one attached hydrogen (secondary N) is 1. The van der Waals surface area contributed by atoms with E-state index in [0.29, 0.717) is 37.2 Å². The third kappa shape index (κ3) is 3.86. The number of alkyl halides is 5. The molecule has 1 aliphatic rings. The van der Waals surface area contributed by atoms with Crippen molar-refractivity contribution in [1.29, 1.82) is 0 Å². The highest BCUT2D eigenvalue weighted by molar-refractivity contribution is 7.26. The first-order valence-electron chi connectivity index (χ1n) is 12.0. The summed E-state index contributed by atoms with van der Waals surface area (Å²) in [5, 5.41) is 12.3. The Morgan fingerprint density at radius 1 is 1.07 bits per heavy atom. The van der Waals surface area contributed by atoms with Crippen LogP contribution >= 0.6 is 11.3 Å². The summed E-state index contributed by atoms with van der Waals surface area (Å²) in [6, 6.07) is 5.38. The smallest absolute Gasteiger partial charge is 0.363 e. The number of nitrogens with zero attached hydrogens (tertiary/aromatic N) is 7. The van der Waals surface area contributed by atoms with Crippen molar-refractivity contribution in [2.24, 2.45) is 0 Å². The minimum absolute atomic E-state index is 0.0627. The van der Waals surface area contributed by atoms with Gasteiger partial charge in [-0.15, -0.1) is 16.4 Å². The van der Waals surface area contributed by atoms with Crippen molar-refractivity contribution in [3.05, 3.63) is 65.4 Å². The van der Waals surface area contributed by atoms with Gasteiger partial charge in [0.2, 0.25) is 5.82 Å². The molecule has 5 aromatic heterocycles. The van der Waals surface area contributed by atoms with Crippen LogP contribution in [0.15, 0.2) is 42.7 Å². The van der Waals surface area contributed by atoms with Gasteiger partial charge in [0.05, 0.1) is 11.6 Å². The van der Waals surface area contributed by atoms with E-state index in [9.17, 15) is 26.3 Å². The first kappa shape index (κ1) is 24.7. The second-order valence-corrected chi connectivity index (χ2v) is 10.5. The Labute approximate surface area is 224 Å². The van der Waals surface area contributed by atoms with Gasteiger partial charge in [0, 0.05) is 17.9 Å². The van der Waals surface area contributed by atoms with Crippen LogP contribution in [0.25, 0.3) is 37.6 Å². The number of hydrogen-bond acceptors (Lipinski definition) is 7. The number of aryl methyl sites for hydroxylation is 1. The fourth-order valence-corrected chi connectivity index (χ4v) is 6.24. The summed E-state index contributed by atoms with van der Waals surface area (Å²) in [7, 11) is 0. The maximum Gasteiger partial charge on any atom is 0.410 e. The van der Waals surface area contributed by atoms with Crippen LogP contribution < -0.4 is 5.32 Å². The van der Waals surface area contributed by atoms with Gasteiger partial charge in [0.15, 0.2) is 11.7 Å². The minimum Gasteiger partial charge on any atom is -0.363 e. The first-order valence-corrected chi connectivity index (χ1v) is 12.8. The lowest BCUT2D eigenvalue weighted by molar-refractivity contribution is -0.173. The van der Waals surface area contributed by atoms with E-state index in [2.05, 4.69) is 30.5 Å². The number of halogens is 6. The van der Waals surface area contributed by atoms with Crippen molar-refractivity contribution >= 4 is 43.2 Å². The Bertz CT molecular complexity index is 1920. The zero-order valence-electron chi connectivity index (χ0n) is 20.3. The molecule has 6 heterocycles. The molecule has 0 bridgehead atoms. The molecule has 0 radical (unpaired) electrons. The molecule has 1 aliphatic heterocycles. The van der Waals surface area contributed by atoms with Gasteiger partial charge in [-0.1, -0.05) is 12.1 Å². The summed E-state index contributed by atoms with van der Waals surface area (Å²) in [6.45, 7) is 1.70. The number of pyridine rings is 1. The zero-order valence-corrected chi connectivity index (χ0v) is 21.1. The van der Waals surface area contributed by atoms with Crippen molar-refractivity contribution in [2.75, 3.05) is 5.32 Å². The van der Waals surface area contributed by atoms with E-state index >= 15 is 0 Å². The number of benzene rings is 1. The molecule has 0 amide bonds. The Kier molecular flexibility index (Phi) is 5.33. The summed E-state index contributed by atoms with van der Waals surface area (Å²) in [5.74, 6) is -0.311. The molecule has 0 saturated heterocycles. The third-order valence-electron chi connectivity index (χ3n) is 6.90. The maximum absolute atomic E-state index is 14.1. The van der Waals surface area contributed by atoms with E-state index < -0.39 is 30.5 Å². The normalized spacial score (nSPS) is 17.7. The largest absolute Gasteiger partial charge is 0.410 e. The molecule has 15 heteroatoms.